The number of aliphatic hydroxyl groups is 1. The summed E-state index contributed by atoms with van der Waals surface area (Å²) >= 11 is 0. The van der Waals surface area contributed by atoms with Gasteiger partial charge in [0.15, 0.2) is 0 Å². The van der Waals surface area contributed by atoms with Crippen molar-refractivity contribution in [3.63, 3.8) is 0 Å². The Morgan fingerprint density at radius 2 is 1.57 bits per heavy atom. The number of alkyl halides is 1. The van der Waals surface area contributed by atoms with E-state index < -0.39 is 11.3 Å². The number of rotatable bonds is 1. The molecule has 0 amide bonds. The van der Waals surface area contributed by atoms with Crippen molar-refractivity contribution in [1.29, 1.82) is 0 Å². The van der Waals surface area contributed by atoms with E-state index in [2.05, 4.69) is 0 Å². The molecule has 1 saturated carbocycles. The fourth-order valence-corrected chi connectivity index (χ4v) is 1.93. The van der Waals surface area contributed by atoms with Gasteiger partial charge in [-0.2, -0.15) is 0 Å². The standard InChI is InChI=1S/C10H19FO.C2H6/c1-9(2,12)8-4-6-10(3,11)7-5-8;1-2/h8,12H,4-7H2,1-3H3;1-2H3. The van der Waals surface area contributed by atoms with Gasteiger partial charge in [0.1, 0.15) is 5.67 Å². The Hall–Kier alpha value is -0.110. The molecule has 0 radical (unpaired) electrons. The average molecular weight is 204 g/mol. The van der Waals surface area contributed by atoms with Crippen molar-refractivity contribution in [2.75, 3.05) is 0 Å². The molecule has 0 atom stereocenters. The summed E-state index contributed by atoms with van der Waals surface area (Å²) in [5.41, 5.74) is -1.61. The van der Waals surface area contributed by atoms with Crippen LogP contribution in [0.2, 0.25) is 0 Å². The van der Waals surface area contributed by atoms with Crippen LogP contribution in [0.25, 0.3) is 0 Å². The van der Waals surface area contributed by atoms with E-state index in [9.17, 15) is 9.50 Å². The lowest BCUT2D eigenvalue weighted by molar-refractivity contribution is -0.0241. The Bertz CT molecular complexity index is 148. The molecule has 0 heterocycles. The van der Waals surface area contributed by atoms with E-state index in [0.717, 1.165) is 12.8 Å². The third kappa shape index (κ3) is 4.41. The molecule has 1 aliphatic rings. The summed E-state index contributed by atoms with van der Waals surface area (Å²) in [6.07, 6.45) is 2.83. The Morgan fingerprint density at radius 1 is 1.21 bits per heavy atom. The molecule has 0 aromatic carbocycles. The monoisotopic (exact) mass is 204 g/mol. The lowest BCUT2D eigenvalue weighted by Crippen LogP contribution is -2.37. The van der Waals surface area contributed by atoms with Crippen LogP contribution in [0.5, 0.6) is 0 Å². The van der Waals surface area contributed by atoms with E-state index in [1.807, 2.05) is 27.7 Å². The van der Waals surface area contributed by atoms with Gasteiger partial charge in [-0.1, -0.05) is 13.8 Å². The highest BCUT2D eigenvalue weighted by atomic mass is 19.1. The van der Waals surface area contributed by atoms with Crippen LogP contribution in [-0.4, -0.2) is 16.4 Å². The zero-order valence-corrected chi connectivity index (χ0v) is 10.2. The van der Waals surface area contributed by atoms with Crippen LogP contribution >= 0.6 is 0 Å². The summed E-state index contributed by atoms with van der Waals surface area (Å²) < 4.78 is 13.4. The molecule has 0 aromatic heterocycles. The fourth-order valence-electron chi connectivity index (χ4n) is 1.93. The molecule has 0 spiro atoms. The molecule has 0 saturated heterocycles. The van der Waals surface area contributed by atoms with Gasteiger partial charge in [0.05, 0.1) is 5.60 Å². The first kappa shape index (κ1) is 13.9. The van der Waals surface area contributed by atoms with Gasteiger partial charge in [-0.3, -0.25) is 0 Å². The average Bonchev–Trinajstić information content (AvgIpc) is 2.05. The quantitative estimate of drug-likeness (QED) is 0.690. The summed E-state index contributed by atoms with van der Waals surface area (Å²) in [6, 6.07) is 0. The van der Waals surface area contributed by atoms with Gasteiger partial charge < -0.3 is 5.11 Å². The molecular formula is C12H25FO. The first-order valence-electron chi connectivity index (χ1n) is 5.72. The van der Waals surface area contributed by atoms with Gasteiger partial charge in [-0.05, 0) is 52.4 Å². The Balaban J connectivity index is 0.000000791. The van der Waals surface area contributed by atoms with Gasteiger partial charge >= 0.3 is 0 Å². The predicted octanol–water partition coefficient (Wildman–Crippen LogP) is 3.70. The van der Waals surface area contributed by atoms with Crippen LogP contribution in [0.1, 0.15) is 60.3 Å². The van der Waals surface area contributed by atoms with Crippen LogP contribution < -0.4 is 0 Å². The third-order valence-electron chi connectivity index (χ3n) is 3.03. The molecule has 0 unspecified atom stereocenters. The van der Waals surface area contributed by atoms with E-state index >= 15 is 0 Å². The zero-order chi connectivity index (χ0) is 11.4. The van der Waals surface area contributed by atoms with E-state index in [4.69, 9.17) is 0 Å². The largest absolute Gasteiger partial charge is 0.390 e. The topological polar surface area (TPSA) is 20.2 Å². The van der Waals surface area contributed by atoms with Crippen molar-refractivity contribution < 1.29 is 9.50 Å². The fraction of sp³-hybridized carbons (Fsp3) is 1.00. The van der Waals surface area contributed by atoms with Crippen molar-refractivity contribution in [2.45, 2.75) is 71.6 Å². The first-order chi connectivity index (χ1) is 6.31. The molecule has 86 valence electrons. The Morgan fingerprint density at radius 3 is 1.86 bits per heavy atom. The molecule has 1 N–H and O–H groups in total. The Kier molecular flexibility index (Phi) is 5.07. The van der Waals surface area contributed by atoms with Crippen LogP contribution in [0, 0.1) is 5.92 Å². The Labute approximate surface area is 87.7 Å². The molecule has 1 aliphatic carbocycles. The summed E-state index contributed by atoms with van der Waals surface area (Å²) in [5, 5.41) is 9.69. The van der Waals surface area contributed by atoms with Gasteiger partial charge in [-0.25, -0.2) is 4.39 Å². The van der Waals surface area contributed by atoms with Gasteiger partial charge in [0.2, 0.25) is 0 Å². The minimum Gasteiger partial charge on any atom is -0.390 e. The van der Waals surface area contributed by atoms with Crippen molar-refractivity contribution in [2.24, 2.45) is 5.92 Å². The normalized spacial score (nSPS) is 33.2. The van der Waals surface area contributed by atoms with Crippen LogP contribution in [-0.2, 0) is 0 Å². The lowest BCUT2D eigenvalue weighted by Gasteiger charge is -2.37. The van der Waals surface area contributed by atoms with E-state index in [-0.39, 0.29) is 5.92 Å². The smallest absolute Gasteiger partial charge is 0.108 e. The molecule has 1 nitrogen and oxygen atoms in total. The maximum atomic E-state index is 13.4. The highest BCUT2D eigenvalue weighted by Gasteiger charge is 2.36. The SMILES string of the molecule is CC.CC1(F)CCC(C(C)(C)O)CC1. The molecule has 2 heteroatoms. The minimum absolute atomic E-state index is 0.279. The zero-order valence-electron chi connectivity index (χ0n) is 10.2. The second-order valence-electron chi connectivity index (χ2n) is 4.84. The maximum absolute atomic E-state index is 13.4. The van der Waals surface area contributed by atoms with Gasteiger partial charge in [0, 0.05) is 0 Å². The molecule has 14 heavy (non-hydrogen) atoms. The number of hydrogen-bond acceptors (Lipinski definition) is 1. The second kappa shape index (κ2) is 5.11. The molecular weight excluding hydrogens is 179 g/mol. The lowest BCUT2D eigenvalue weighted by atomic mass is 9.74. The van der Waals surface area contributed by atoms with Crippen LogP contribution in [0.15, 0.2) is 0 Å². The molecule has 1 fully saturated rings. The molecule has 0 aliphatic heterocycles. The summed E-state index contributed by atoms with van der Waals surface area (Å²) in [6.45, 7) is 9.30. The molecule has 0 bridgehead atoms. The van der Waals surface area contributed by atoms with Crippen molar-refractivity contribution >= 4 is 0 Å². The predicted molar refractivity (Wildman–Crippen MR) is 59.1 cm³/mol. The van der Waals surface area contributed by atoms with Crippen LogP contribution in [0.3, 0.4) is 0 Å². The first-order valence-corrected chi connectivity index (χ1v) is 5.72. The highest BCUT2D eigenvalue weighted by Crippen LogP contribution is 2.39. The van der Waals surface area contributed by atoms with Gasteiger partial charge in [-0.15, -0.1) is 0 Å². The van der Waals surface area contributed by atoms with E-state index in [1.165, 1.54) is 0 Å². The number of halogens is 1. The highest BCUT2D eigenvalue weighted by molar-refractivity contribution is 4.88. The second-order valence-corrected chi connectivity index (χ2v) is 4.84. The van der Waals surface area contributed by atoms with E-state index in [1.54, 1.807) is 6.92 Å². The molecule has 0 aromatic rings. The summed E-state index contributed by atoms with van der Waals surface area (Å²) in [5.74, 6) is 0.279. The van der Waals surface area contributed by atoms with Crippen molar-refractivity contribution in [1.82, 2.24) is 0 Å². The van der Waals surface area contributed by atoms with Crippen LogP contribution in [0.4, 0.5) is 4.39 Å². The number of hydrogen-bond donors (Lipinski definition) is 1. The minimum atomic E-state index is -0.984. The van der Waals surface area contributed by atoms with E-state index in [0.29, 0.717) is 12.8 Å². The van der Waals surface area contributed by atoms with Gasteiger partial charge in [0.25, 0.3) is 0 Å². The maximum Gasteiger partial charge on any atom is 0.108 e. The summed E-state index contributed by atoms with van der Waals surface area (Å²) in [4.78, 5) is 0. The third-order valence-corrected chi connectivity index (χ3v) is 3.03. The van der Waals surface area contributed by atoms with Crippen molar-refractivity contribution in [3.8, 4) is 0 Å². The summed E-state index contributed by atoms with van der Waals surface area (Å²) in [7, 11) is 0. The molecule has 1 rings (SSSR count). The van der Waals surface area contributed by atoms with Crippen molar-refractivity contribution in [3.05, 3.63) is 0 Å².